The Balaban J connectivity index is 1.37. The lowest BCUT2D eigenvalue weighted by Crippen LogP contribution is -2.47. The molecule has 1 N–H and O–H groups in total. The maximum absolute atomic E-state index is 13.7. The van der Waals surface area contributed by atoms with Gasteiger partial charge in [-0.1, -0.05) is 23.7 Å². The van der Waals surface area contributed by atoms with E-state index in [1.165, 1.54) is 4.90 Å². The number of carbonyl (C=O) groups is 2. The van der Waals surface area contributed by atoms with Crippen molar-refractivity contribution < 1.29 is 22.7 Å². The second-order valence-corrected chi connectivity index (χ2v) is 12.6. The first kappa shape index (κ1) is 22.5. The number of likely N-dealkylation sites (tertiary alicyclic amines) is 1. The molecule has 1 aromatic carbocycles. The van der Waals surface area contributed by atoms with E-state index in [2.05, 4.69) is 11.4 Å². The van der Waals surface area contributed by atoms with Gasteiger partial charge >= 0.3 is 6.09 Å². The number of nitriles is 1. The molecule has 33 heavy (non-hydrogen) atoms. The monoisotopic (exact) mass is 491 g/mol. The van der Waals surface area contributed by atoms with Crippen LogP contribution in [0.2, 0.25) is 5.02 Å². The first-order valence-electron chi connectivity index (χ1n) is 11.4. The summed E-state index contributed by atoms with van der Waals surface area (Å²) in [5, 5.41) is 11.6. The van der Waals surface area contributed by atoms with Crippen molar-refractivity contribution in [2.45, 2.75) is 67.4 Å². The van der Waals surface area contributed by atoms with Gasteiger partial charge in [0.2, 0.25) is 5.91 Å². The van der Waals surface area contributed by atoms with Crippen LogP contribution in [0.15, 0.2) is 24.3 Å². The number of amides is 2. The molecule has 2 atom stereocenters. The van der Waals surface area contributed by atoms with Crippen LogP contribution in [-0.2, 0) is 24.8 Å². The summed E-state index contributed by atoms with van der Waals surface area (Å²) in [6.45, 7) is 0.00453. The fourth-order valence-electron chi connectivity index (χ4n) is 4.63. The predicted octanol–water partition coefficient (Wildman–Crippen LogP) is 2.91. The van der Waals surface area contributed by atoms with Crippen molar-refractivity contribution in [1.82, 2.24) is 10.2 Å². The van der Waals surface area contributed by atoms with Crippen LogP contribution in [0.4, 0.5) is 4.79 Å². The third-order valence-corrected chi connectivity index (χ3v) is 9.80. The van der Waals surface area contributed by atoms with Gasteiger partial charge in [0.1, 0.15) is 5.54 Å². The fourth-order valence-corrected chi connectivity index (χ4v) is 6.87. The second kappa shape index (κ2) is 7.88. The second-order valence-electron chi connectivity index (χ2n) is 9.86. The molecule has 0 radical (unpaired) electrons. The maximum atomic E-state index is 13.7. The van der Waals surface area contributed by atoms with E-state index < -0.39 is 38.4 Å². The molecule has 176 valence electrons. The number of nitrogens with one attached hydrogen (secondary N) is 1. The van der Waals surface area contributed by atoms with Crippen molar-refractivity contribution in [3.8, 4) is 6.07 Å². The van der Waals surface area contributed by atoms with Crippen LogP contribution >= 0.6 is 11.6 Å². The van der Waals surface area contributed by atoms with Gasteiger partial charge in [-0.05, 0) is 62.1 Å². The molecule has 10 heteroatoms. The first-order chi connectivity index (χ1) is 15.7. The highest BCUT2D eigenvalue weighted by Gasteiger charge is 2.57. The summed E-state index contributed by atoms with van der Waals surface area (Å²) < 4.78 is 31.5. The predicted molar refractivity (Wildman–Crippen MR) is 120 cm³/mol. The van der Waals surface area contributed by atoms with Crippen LogP contribution in [0.1, 0.15) is 50.5 Å². The smallest absolute Gasteiger partial charge is 0.410 e. The van der Waals surface area contributed by atoms with Crippen LogP contribution < -0.4 is 5.32 Å². The Morgan fingerprint density at radius 1 is 1.18 bits per heavy atom. The van der Waals surface area contributed by atoms with E-state index in [1.54, 1.807) is 12.1 Å². The molecule has 3 saturated carbocycles. The Kier molecular flexibility index (Phi) is 5.37. The van der Waals surface area contributed by atoms with Crippen molar-refractivity contribution in [2.75, 3.05) is 12.3 Å². The van der Waals surface area contributed by atoms with E-state index in [0.717, 1.165) is 18.4 Å². The quantitative estimate of drug-likeness (QED) is 0.626. The Morgan fingerprint density at radius 2 is 1.85 bits per heavy atom. The molecular weight excluding hydrogens is 466 g/mol. The van der Waals surface area contributed by atoms with Gasteiger partial charge in [0.05, 0.1) is 22.5 Å². The van der Waals surface area contributed by atoms with Gasteiger partial charge in [0, 0.05) is 18.0 Å². The minimum absolute atomic E-state index is 0.00453. The number of rotatable bonds is 7. The van der Waals surface area contributed by atoms with E-state index in [9.17, 15) is 23.3 Å². The van der Waals surface area contributed by atoms with Gasteiger partial charge in [-0.2, -0.15) is 5.26 Å². The number of ether oxygens (including phenoxy) is 1. The highest BCUT2D eigenvalue weighted by atomic mass is 35.5. The number of carbonyl (C=O) groups excluding carboxylic acids is 2. The molecule has 4 fully saturated rings. The molecule has 4 aliphatic rings. The fraction of sp³-hybridized carbons (Fsp3) is 0.609. The molecule has 1 aromatic rings. The highest BCUT2D eigenvalue weighted by molar-refractivity contribution is 7.92. The van der Waals surface area contributed by atoms with Crippen molar-refractivity contribution in [1.29, 1.82) is 5.26 Å². The third kappa shape index (κ3) is 4.43. The van der Waals surface area contributed by atoms with E-state index in [1.807, 2.05) is 12.1 Å². The zero-order valence-electron chi connectivity index (χ0n) is 18.1. The van der Waals surface area contributed by atoms with E-state index in [0.29, 0.717) is 30.7 Å². The largest absolute Gasteiger partial charge is 0.425 e. The van der Waals surface area contributed by atoms with Crippen LogP contribution in [0.25, 0.3) is 0 Å². The van der Waals surface area contributed by atoms with Gasteiger partial charge in [0.25, 0.3) is 0 Å². The number of hydrogen-bond donors (Lipinski definition) is 1. The molecule has 0 spiro atoms. The highest BCUT2D eigenvalue weighted by Crippen LogP contribution is 2.51. The van der Waals surface area contributed by atoms with E-state index in [4.69, 9.17) is 16.3 Å². The number of nitrogens with zero attached hydrogens (tertiary/aromatic N) is 2. The first-order valence-corrected chi connectivity index (χ1v) is 13.4. The molecule has 0 bridgehead atoms. The summed E-state index contributed by atoms with van der Waals surface area (Å²) in [6.07, 6.45) is 2.45. The summed E-state index contributed by atoms with van der Waals surface area (Å²) >= 11 is 6.01. The molecule has 1 saturated heterocycles. The summed E-state index contributed by atoms with van der Waals surface area (Å²) in [4.78, 5) is 27.6. The molecule has 3 aliphatic carbocycles. The number of sulfone groups is 1. The lowest BCUT2D eigenvalue weighted by Gasteiger charge is -2.29. The summed E-state index contributed by atoms with van der Waals surface area (Å²) in [5.41, 5.74) is -0.837. The van der Waals surface area contributed by atoms with Gasteiger partial charge in [0.15, 0.2) is 16.1 Å². The zero-order valence-corrected chi connectivity index (χ0v) is 19.7. The number of alkyl carbamates (subject to hydrolysis) is 1. The Hall–Kier alpha value is -2.31. The summed E-state index contributed by atoms with van der Waals surface area (Å²) in [7, 11) is -3.43. The molecule has 1 heterocycles. The molecule has 0 unspecified atom stereocenters. The number of hydrogen-bond acceptors (Lipinski definition) is 6. The Bertz CT molecular complexity index is 1120. The van der Waals surface area contributed by atoms with Crippen LogP contribution in [0.3, 0.4) is 0 Å². The summed E-state index contributed by atoms with van der Waals surface area (Å²) in [5.74, 6) is 0.0724. The van der Waals surface area contributed by atoms with E-state index >= 15 is 0 Å². The number of halogens is 1. The molecule has 2 amide bonds. The zero-order chi connectivity index (χ0) is 23.4. The molecule has 5 rings (SSSR count). The maximum Gasteiger partial charge on any atom is 0.410 e. The van der Waals surface area contributed by atoms with Gasteiger partial charge in [-0.25, -0.2) is 13.2 Å². The van der Waals surface area contributed by atoms with Gasteiger partial charge in [-0.3, -0.25) is 4.79 Å². The molecular formula is C23H26ClN3O5S. The van der Waals surface area contributed by atoms with Crippen molar-refractivity contribution in [3.63, 3.8) is 0 Å². The van der Waals surface area contributed by atoms with E-state index in [-0.39, 0.29) is 30.5 Å². The van der Waals surface area contributed by atoms with Crippen LogP contribution in [-0.4, -0.2) is 54.6 Å². The minimum Gasteiger partial charge on any atom is -0.425 e. The van der Waals surface area contributed by atoms with Crippen molar-refractivity contribution >= 4 is 33.4 Å². The average Bonchev–Trinajstić information content (AvgIpc) is 3.66. The van der Waals surface area contributed by atoms with Crippen LogP contribution in [0.5, 0.6) is 0 Å². The normalized spacial score (nSPS) is 26.8. The Labute approximate surface area is 198 Å². The molecule has 1 aliphatic heterocycles. The third-order valence-electron chi connectivity index (χ3n) is 7.25. The van der Waals surface area contributed by atoms with Crippen molar-refractivity contribution in [3.05, 3.63) is 34.9 Å². The lowest BCUT2D eigenvalue weighted by molar-refractivity contribution is -0.140. The van der Waals surface area contributed by atoms with Crippen LogP contribution in [0, 0.1) is 17.2 Å². The van der Waals surface area contributed by atoms with Crippen molar-refractivity contribution in [2.24, 2.45) is 5.92 Å². The van der Waals surface area contributed by atoms with Gasteiger partial charge in [-0.15, -0.1) is 0 Å². The lowest BCUT2D eigenvalue weighted by atomic mass is 9.94. The molecule has 8 nitrogen and oxygen atoms in total. The minimum atomic E-state index is -3.43. The molecule has 0 aromatic heterocycles. The number of benzene rings is 1. The summed E-state index contributed by atoms with van der Waals surface area (Å²) in [6, 6.07) is 9.16. The topological polar surface area (TPSA) is 117 Å². The Morgan fingerprint density at radius 3 is 2.39 bits per heavy atom. The van der Waals surface area contributed by atoms with Gasteiger partial charge < -0.3 is 15.0 Å². The SMILES string of the molecule is N#CC1(NC(=O)O[C@H]2C[C@@H](S(=O)(=O)CC3CC3)CN2C(=O)C2(c3ccc(Cl)cc3)CC2)CC1. The average molecular weight is 492 g/mol. The standard InChI is InChI=1S/C23H26ClN3O5S/c24-17-5-3-16(4-6-17)23(9-10-23)20(28)27-12-18(33(30,31)13-15-1-2-15)11-19(27)32-21(29)26-22(14-25)7-8-22/h3-6,15,18-19H,1-2,7-13H2,(H,26,29)/t18-,19+/m1/s1.